The quantitative estimate of drug-likeness (QED) is 0.813. The Bertz CT molecular complexity index is 534. The average Bonchev–Trinajstić information content (AvgIpc) is 3.03. The Labute approximate surface area is 132 Å². The first kappa shape index (κ1) is 14.8. The molecule has 0 radical (unpaired) electrons. The van der Waals surface area contributed by atoms with Gasteiger partial charge in [-0.1, -0.05) is 56.7 Å². The third-order valence-corrected chi connectivity index (χ3v) is 5.74. The number of benzene rings is 1. The minimum Gasteiger partial charge on any atom is -0.303 e. The van der Waals surface area contributed by atoms with Gasteiger partial charge in [-0.3, -0.25) is 0 Å². The molecule has 1 aliphatic rings. The summed E-state index contributed by atoms with van der Waals surface area (Å²) in [5.41, 5.74) is 1.38. The maximum atomic E-state index is 3.97. The van der Waals surface area contributed by atoms with Crippen molar-refractivity contribution in [1.29, 1.82) is 0 Å². The zero-order valence-electron chi connectivity index (χ0n) is 13.0. The lowest BCUT2D eigenvalue weighted by Gasteiger charge is -2.36. The molecule has 2 aromatic rings. The highest BCUT2D eigenvalue weighted by Crippen LogP contribution is 2.33. The second-order valence-corrected chi connectivity index (χ2v) is 7.51. The van der Waals surface area contributed by atoms with Crippen molar-refractivity contribution in [2.45, 2.75) is 45.2 Å². The van der Waals surface area contributed by atoms with Crippen LogP contribution >= 0.6 is 11.3 Å². The first-order chi connectivity index (χ1) is 10.2. The van der Waals surface area contributed by atoms with Crippen molar-refractivity contribution in [3.05, 3.63) is 58.3 Å². The van der Waals surface area contributed by atoms with E-state index in [2.05, 4.69) is 67.0 Å². The lowest BCUT2D eigenvalue weighted by molar-refractivity contribution is 0.220. The molecule has 1 aromatic heterocycles. The molecule has 1 heterocycles. The number of thiophene rings is 1. The van der Waals surface area contributed by atoms with E-state index in [-0.39, 0.29) is 0 Å². The zero-order valence-corrected chi connectivity index (χ0v) is 13.8. The van der Waals surface area contributed by atoms with E-state index in [1.807, 2.05) is 11.3 Å². The molecule has 0 aliphatic heterocycles. The Morgan fingerprint density at radius 3 is 2.57 bits per heavy atom. The molecule has 0 spiro atoms. The normalized spacial score (nSPS) is 27.4. The van der Waals surface area contributed by atoms with Gasteiger partial charge in [0.05, 0.1) is 6.04 Å². The molecule has 3 rings (SSSR count). The van der Waals surface area contributed by atoms with Gasteiger partial charge in [-0.05, 0) is 41.7 Å². The molecule has 4 unspecified atom stereocenters. The molecule has 1 saturated carbocycles. The van der Waals surface area contributed by atoms with Crippen LogP contribution in [0.5, 0.6) is 0 Å². The van der Waals surface area contributed by atoms with Gasteiger partial charge in [-0.2, -0.15) is 0 Å². The van der Waals surface area contributed by atoms with Gasteiger partial charge in [0.15, 0.2) is 0 Å². The van der Waals surface area contributed by atoms with Gasteiger partial charge < -0.3 is 5.32 Å². The summed E-state index contributed by atoms with van der Waals surface area (Å²) in [6.07, 6.45) is 4.04. The maximum absolute atomic E-state index is 3.97. The van der Waals surface area contributed by atoms with Gasteiger partial charge in [0.25, 0.3) is 0 Å². The molecule has 1 fully saturated rings. The SMILES string of the molecule is CC1CCC(C)C(NC(c2ccccc2)c2cccs2)C1. The van der Waals surface area contributed by atoms with Crippen LogP contribution in [0.25, 0.3) is 0 Å². The zero-order chi connectivity index (χ0) is 14.7. The van der Waals surface area contributed by atoms with Gasteiger partial charge in [0, 0.05) is 10.9 Å². The molecule has 1 aliphatic carbocycles. The van der Waals surface area contributed by atoms with E-state index in [0.29, 0.717) is 12.1 Å². The number of hydrogen-bond acceptors (Lipinski definition) is 2. The molecule has 1 nitrogen and oxygen atoms in total. The Morgan fingerprint density at radius 1 is 1.05 bits per heavy atom. The Balaban J connectivity index is 1.83. The van der Waals surface area contributed by atoms with Crippen molar-refractivity contribution in [1.82, 2.24) is 5.32 Å². The third kappa shape index (κ3) is 3.56. The molecule has 0 amide bonds. The van der Waals surface area contributed by atoms with Crippen molar-refractivity contribution >= 4 is 11.3 Å². The van der Waals surface area contributed by atoms with Crippen LogP contribution < -0.4 is 5.32 Å². The minimum atomic E-state index is 0.337. The summed E-state index contributed by atoms with van der Waals surface area (Å²) in [7, 11) is 0. The summed E-state index contributed by atoms with van der Waals surface area (Å²) in [6, 6.07) is 16.2. The summed E-state index contributed by atoms with van der Waals surface area (Å²) in [4.78, 5) is 1.42. The molecule has 0 saturated heterocycles. The Kier molecular flexibility index (Phi) is 4.77. The fourth-order valence-electron chi connectivity index (χ4n) is 3.42. The molecule has 112 valence electrons. The molecule has 21 heavy (non-hydrogen) atoms. The fourth-order valence-corrected chi connectivity index (χ4v) is 4.23. The van der Waals surface area contributed by atoms with Gasteiger partial charge in [-0.15, -0.1) is 11.3 Å². The highest BCUT2D eigenvalue weighted by Gasteiger charge is 2.28. The fraction of sp³-hybridized carbons (Fsp3) is 0.474. The smallest absolute Gasteiger partial charge is 0.0673 e. The van der Waals surface area contributed by atoms with E-state index >= 15 is 0 Å². The number of rotatable bonds is 4. The second kappa shape index (κ2) is 6.76. The Hall–Kier alpha value is -1.12. The van der Waals surface area contributed by atoms with Gasteiger partial charge in [0.1, 0.15) is 0 Å². The number of nitrogens with one attached hydrogen (secondary N) is 1. The van der Waals surface area contributed by atoms with E-state index in [0.717, 1.165) is 11.8 Å². The predicted molar refractivity (Wildman–Crippen MR) is 91.7 cm³/mol. The van der Waals surface area contributed by atoms with Crippen LogP contribution in [0, 0.1) is 11.8 Å². The Morgan fingerprint density at radius 2 is 1.86 bits per heavy atom. The van der Waals surface area contributed by atoms with Crippen LogP contribution in [-0.4, -0.2) is 6.04 Å². The van der Waals surface area contributed by atoms with Gasteiger partial charge >= 0.3 is 0 Å². The molecular formula is C19H25NS. The van der Waals surface area contributed by atoms with E-state index in [4.69, 9.17) is 0 Å². The lowest BCUT2D eigenvalue weighted by atomic mass is 9.79. The van der Waals surface area contributed by atoms with Crippen molar-refractivity contribution in [3.8, 4) is 0 Å². The van der Waals surface area contributed by atoms with E-state index in [1.165, 1.54) is 29.7 Å². The number of hydrogen-bond donors (Lipinski definition) is 1. The van der Waals surface area contributed by atoms with Crippen LogP contribution in [0.3, 0.4) is 0 Å². The first-order valence-electron chi connectivity index (χ1n) is 8.08. The summed E-state index contributed by atoms with van der Waals surface area (Å²) in [5.74, 6) is 1.62. The summed E-state index contributed by atoms with van der Waals surface area (Å²) >= 11 is 1.85. The first-order valence-corrected chi connectivity index (χ1v) is 8.96. The summed E-state index contributed by atoms with van der Waals surface area (Å²) in [6.45, 7) is 4.79. The van der Waals surface area contributed by atoms with E-state index < -0.39 is 0 Å². The largest absolute Gasteiger partial charge is 0.303 e. The summed E-state index contributed by atoms with van der Waals surface area (Å²) < 4.78 is 0. The molecule has 2 heteroatoms. The second-order valence-electron chi connectivity index (χ2n) is 6.53. The highest BCUT2D eigenvalue weighted by atomic mass is 32.1. The molecule has 1 aromatic carbocycles. The van der Waals surface area contributed by atoms with Crippen LogP contribution in [0.15, 0.2) is 47.8 Å². The monoisotopic (exact) mass is 299 g/mol. The van der Waals surface area contributed by atoms with Crippen molar-refractivity contribution in [2.24, 2.45) is 11.8 Å². The topological polar surface area (TPSA) is 12.0 Å². The predicted octanol–water partition coefficient (Wildman–Crippen LogP) is 5.25. The summed E-state index contributed by atoms with van der Waals surface area (Å²) in [5, 5.41) is 6.15. The van der Waals surface area contributed by atoms with Crippen LogP contribution in [-0.2, 0) is 0 Å². The van der Waals surface area contributed by atoms with Crippen molar-refractivity contribution in [2.75, 3.05) is 0 Å². The van der Waals surface area contributed by atoms with Crippen LogP contribution in [0.4, 0.5) is 0 Å². The maximum Gasteiger partial charge on any atom is 0.0673 e. The standard InChI is InChI=1S/C19H25NS/c1-14-10-11-15(2)17(13-14)20-19(18-9-6-12-21-18)16-7-4-3-5-8-16/h3-9,12,14-15,17,19-20H,10-11,13H2,1-2H3. The van der Waals surface area contributed by atoms with Crippen LogP contribution in [0.2, 0.25) is 0 Å². The van der Waals surface area contributed by atoms with Crippen molar-refractivity contribution in [3.63, 3.8) is 0 Å². The lowest BCUT2D eigenvalue weighted by Crippen LogP contribution is -2.41. The average molecular weight is 299 g/mol. The van der Waals surface area contributed by atoms with Crippen molar-refractivity contribution < 1.29 is 0 Å². The van der Waals surface area contributed by atoms with Crippen LogP contribution in [0.1, 0.15) is 49.6 Å². The third-order valence-electron chi connectivity index (χ3n) is 4.80. The molecular weight excluding hydrogens is 274 g/mol. The van der Waals surface area contributed by atoms with E-state index in [1.54, 1.807) is 0 Å². The minimum absolute atomic E-state index is 0.337. The van der Waals surface area contributed by atoms with E-state index in [9.17, 15) is 0 Å². The molecule has 0 bridgehead atoms. The van der Waals surface area contributed by atoms with Gasteiger partial charge in [-0.25, -0.2) is 0 Å². The van der Waals surface area contributed by atoms with Gasteiger partial charge in [0.2, 0.25) is 0 Å². The highest BCUT2D eigenvalue weighted by molar-refractivity contribution is 7.10. The molecule has 1 N–H and O–H groups in total. The molecule has 4 atom stereocenters.